The molecule has 1 aromatic carbocycles. The minimum Gasteiger partial charge on any atom is -0.314 e. The molecule has 0 amide bonds. The van der Waals surface area contributed by atoms with Gasteiger partial charge in [0.2, 0.25) is 0 Å². The SMILES string of the molecule is CNCc1ncccc1-c1ccc(Cl)cc1. The predicted octanol–water partition coefficient (Wildman–Crippen LogP) is 3.12. The van der Waals surface area contributed by atoms with Gasteiger partial charge in [-0.25, -0.2) is 0 Å². The maximum absolute atomic E-state index is 5.87. The van der Waals surface area contributed by atoms with Gasteiger partial charge in [-0.15, -0.1) is 0 Å². The monoisotopic (exact) mass is 232 g/mol. The molecule has 1 heterocycles. The molecule has 0 aliphatic rings. The van der Waals surface area contributed by atoms with Crippen molar-refractivity contribution in [1.29, 1.82) is 0 Å². The van der Waals surface area contributed by atoms with Crippen LogP contribution in [0.5, 0.6) is 0 Å². The van der Waals surface area contributed by atoms with E-state index < -0.39 is 0 Å². The van der Waals surface area contributed by atoms with Crippen LogP contribution in [0.1, 0.15) is 5.69 Å². The van der Waals surface area contributed by atoms with Gasteiger partial charge < -0.3 is 5.32 Å². The molecule has 1 N–H and O–H groups in total. The number of hydrogen-bond acceptors (Lipinski definition) is 2. The quantitative estimate of drug-likeness (QED) is 0.880. The Bertz CT molecular complexity index is 466. The largest absolute Gasteiger partial charge is 0.314 e. The first-order valence-corrected chi connectivity index (χ1v) is 5.53. The average molecular weight is 233 g/mol. The van der Waals surface area contributed by atoms with E-state index in [2.05, 4.69) is 16.4 Å². The molecule has 2 nitrogen and oxygen atoms in total. The third-order valence-electron chi connectivity index (χ3n) is 2.39. The Balaban J connectivity index is 2.42. The van der Waals surface area contributed by atoms with E-state index in [-0.39, 0.29) is 0 Å². The van der Waals surface area contributed by atoms with Crippen LogP contribution in [-0.2, 0) is 6.54 Å². The Morgan fingerprint density at radius 1 is 1.19 bits per heavy atom. The van der Waals surface area contributed by atoms with E-state index in [9.17, 15) is 0 Å². The van der Waals surface area contributed by atoms with Gasteiger partial charge in [-0.05, 0) is 30.8 Å². The standard InChI is InChI=1S/C13H13ClN2/c1-15-9-13-12(3-2-8-16-13)10-4-6-11(14)7-5-10/h2-8,15H,9H2,1H3. The first kappa shape index (κ1) is 11.1. The number of pyridine rings is 1. The fourth-order valence-corrected chi connectivity index (χ4v) is 1.76. The zero-order valence-corrected chi connectivity index (χ0v) is 9.83. The number of nitrogens with zero attached hydrogens (tertiary/aromatic N) is 1. The van der Waals surface area contributed by atoms with Crippen molar-refractivity contribution in [3.05, 3.63) is 53.3 Å². The van der Waals surface area contributed by atoms with Crippen molar-refractivity contribution in [2.75, 3.05) is 7.05 Å². The number of nitrogens with one attached hydrogen (secondary N) is 1. The summed E-state index contributed by atoms with van der Waals surface area (Å²) in [5, 5.41) is 3.87. The van der Waals surface area contributed by atoms with Crippen molar-refractivity contribution in [3.63, 3.8) is 0 Å². The van der Waals surface area contributed by atoms with E-state index in [1.807, 2.05) is 43.6 Å². The molecule has 2 rings (SSSR count). The summed E-state index contributed by atoms with van der Waals surface area (Å²) in [4.78, 5) is 4.37. The van der Waals surface area contributed by atoms with Crippen LogP contribution >= 0.6 is 11.6 Å². The normalized spacial score (nSPS) is 10.4. The van der Waals surface area contributed by atoms with Crippen LogP contribution in [0.2, 0.25) is 5.02 Å². The van der Waals surface area contributed by atoms with Crippen LogP contribution in [0, 0.1) is 0 Å². The average Bonchev–Trinajstić information content (AvgIpc) is 2.32. The van der Waals surface area contributed by atoms with Crippen LogP contribution in [0.15, 0.2) is 42.6 Å². The lowest BCUT2D eigenvalue weighted by molar-refractivity contribution is 0.793. The number of benzene rings is 1. The lowest BCUT2D eigenvalue weighted by atomic mass is 10.0. The molecule has 2 aromatic rings. The Hall–Kier alpha value is -1.38. The summed E-state index contributed by atoms with van der Waals surface area (Å²) in [6, 6.07) is 11.8. The molecular weight excluding hydrogens is 220 g/mol. The highest BCUT2D eigenvalue weighted by Crippen LogP contribution is 2.23. The van der Waals surface area contributed by atoms with Gasteiger partial charge in [0.25, 0.3) is 0 Å². The second kappa shape index (κ2) is 5.10. The van der Waals surface area contributed by atoms with E-state index in [0.29, 0.717) is 0 Å². The van der Waals surface area contributed by atoms with Crippen LogP contribution < -0.4 is 5.32 Å². The van der Waals surface area contributed by atoms with E-state index >= 15 is 0 Å². The smallest absolute Gasteiger partial charge is 0.0619 e. The second-order valence-electron chi connectivity index (χ2n) is 3.53. The first-order chi connectivity index (χ1) is 7.81. The highest BCUT2D eigenvalue weighted by atomic mass is 35.5. The van der Waals surface area contributed by atoms with Crippen LogP contribution in [0.3, 0.4) is 0 Å². The second-order valence-corrected chi connectivity index (χ2v) is 3.97. The molecule has 0 spiro atoms. The summed E-state index contributed by atoms with van der Waals surface area (Å²) >= 11 is 5.87. The zero-order valence-electron chi connectivity index (χ0n) is 9.07. The molecule has 0 fully saturated rings. The van der Waals surface area contributed by atoms with Gasteiger partial charge >= 0.3 is 0 Å². The van der Waals surface area contributed by atoms with Gasteiger partial charge in [0.05, 0.1) is 5.69 Å². The summed E-state index contributed by atoms with van der Waals surface area (Å²) in [5.74, 6) is 0. The highest BCUT2D eigenvalue weighted by molar-refractivity contribution is 6.30. The number of halogens is 1. The van der Waals surface area contributed by atoms with Crippen molar-refractivity contribution in [3.8, 4) is 11.1 Å². The fourth-order valence-electron chi connectivity index (χ4n) is 1.64. The van der Waals surface area contributed by atoms with Gasteiger partial charge in [0, 0.05) is 23.3 Å². The minimum atomic E-state index is 0.753. The lowest BCUT2D eigenvalue weighted by Crippen LogP contribution is -2.08. The third kappa shape index (κ3) is 2.40. The Morgan fingerprint density at radius 2 is 1.94 bits per heavy atom. The molecule has 82 valence electrons. The van der Waals surface area contributed by atoms with E-state index in [4.69, 9.17) is 11.6 Å². The van der Waals surface area contributed by atoms with Gasteiger partial charge in [-0.2, -0.15) is 0 Å². The van der Waals surface area contributed by atoms with Gasteiger partial charge in [-0.3, -0.25) is 4.98 Å². The van der Waals surface area contributed by atoms with Crippen LogP contribution in [-0.4, -0.2) is 12.0 Å². The Morgan fingerprint density at radius 3 is 2.62 bits per heavy atom. The molecule has 0 radical (unpaired) electrons. The summed E-state index contributed by atoms with van der Waals surface area (Å²) in [6.45, 7) is 0.763. The Kier molecular flexibility index (Phi) is 3.54. The van der Waals surface area contributed by atoms with E-state index in [1.54, 1.807) is 0 Å². The zero-order chi connectivity index (χ0) is 11.4. The van der Waals surface area contributed by atoms with Gasteiger partial charge in [0.1, 0.15) is 0 Å². The fraction of sp³-hybridized carbons (Fsp3) is 0.154. The molecule has 0 aliphatic carbocycles. The number of rotatable bonds is 3. The summed E-state index contributed by atoms with van der Waals surface area (Å²) in [5.41, 5.74) is 3.34. The van der Waals surface area contributed by atoms with Gasteiger partial charge in [-0.1, -0.05) is 29.8 Å². The van der Waals surface area contributed by atoms with Crippen molar-refractivity contribution < 1.29 is 0 Å². The molecule has 3 heteroatoms. The van der Waals surface area contributed by atoms with Crippen LogP contribution in [0.25, 0.3) is 11.1 Å². The molecule has 0 atom stereocenters. The lowest BCUT2D eigenvalue weighted by Gasteiger charge is -2.07. The topological polar surface area (TPSA) is 24.9 Å². The highest BCUT2D eigenvalue weighted by Gasteiger charge is 2.04. The van der Waals surface area contributed by atoms with Crippen molar-refractivity contribution in [2.24, 2.45) is 0 Å². The molecule has 0 unspecified atom stereocenters. The molecule has 0 saturated carbocycles. The van der Waals surface area contributed by atoms with Crippen LogP contribution in [0.4, 0.5) is 0 Å². The maximum atomic E-state index is 5.87. The molecule has 1 aromatic heterocycles. The van der Waals surface area contributed by atoms with Gasteiger partial charge in [0.15, 0.2) is 0 Å². The van der Waals surface area contributed by atoms with Crippen molar-refractivity contribution in [1.82, 2.24) is 10.3 Å². The molecule has 0 bridgehead atoms. The predicted molar refractivity (Wildman–Crippen MR) is 67.4 cm³/mol. The number of aromatic nitrogens is 1. The van der Waals surface area contributed by atoms with Crippen molar-refractivity contribution >= 4 is 11.6 Å². The summed E-state index contributed by atoms with van der Waals surface area (Å²) < 4.78 is 0. The summed E-state index contributed by atoms with van der Waals surface area (Å²) in [7, 11) is 1.92. The summed E-state index contributed by atoms with van der Waals surface area (Å²) in [6.07, 6.45) is 1.81. The van der Waals surface area contributed by atoms with Crippen molar-refractivity contribution in [2.45, 2.75) is 6.54 Å². The van der Waals surface area contributed by atoms with E-state index in [0.717, 1.165) is 28.4 Å². The third-order valence-corrected chi connectivity index (χ3v) is 2.64. The Labute approximate surface area is 100 Å². The molecule has 0 saturated heterocycles. The van der Waals surface area contributed by atoms with E-state index in [1.165, 1.54) is 0 Å². The minimum absolute atomic E-state index is 0.753. The molecule has 0 aliphatic heterocycles. The molecular formula is C13H13ClN2. The maximum Gasteiger partial charge on any atom is 0.0619 e. The number of hydrogen-bond donors (Lipinski definition) is 1. The molecule has 16 heavy (non-hydrogen) atoms. The first-order valence-electron chi connectivity index (χ1n) is 5.15.